The Labute approximate surface area is 152 Å². The molecule has 4 nitrogen and oxygen atoms in total. The summed E-state index contributed by atoms with van der Waals surface area (Å²) in [6.07, 6.45) is 0. The molecule has 0 fully saturated rings. The molecule has 0 aliphatic heterocycles. The third-order valence-corrected chi connectivity index (χ3v) is 4.08. The van der Waals surface area contributed by atoms with Gasteiger partial charge < -0.3 is 9.84 Å². The molecule has 0 aromatic heterocycles. The maximum absolute atomic E-state index is 10.9. The maximum atomic E-state index is 10.9. The number of carbonyl (C=O) groups is 1. The number of carboxylic acid groups (broad SMARTS) is 1. The lowest BCUT2D eigenvalue weighted by atomic mass is 9.99. The quantitative estimate of drug-likeness (QED) is 0.628. The smallest absolute Gasteiger partial charge is 0.335 e. The summed E-state index contributed by atoms with van der Waals surface area (Å²) in [4.78, 5) is 15.1. The minimum atomic E-state index is -0.936. The van der Waals surface area contributed by atoms with Gasteiger partial charge in [-0.1, -0.05) is 54.6 Å². The normalized spacial score (nSPS) is 11.5. The van der Waals surface area contributed by atoms with Gasteiger partial charge in [0.15, 0.2) is 0 Å². The fourth-order valence-corrected chi connectivity index (χ4v) is 2.72. The summed E-state index contributed by atoms with van der Waals surface area (Å²) in [7, 11) is 0. The number of hydrogen-bond donors (Lipinski definition) is 1. The first-order chi connectivity index (χ1) is 12.7. The van der Waals surface area contributed by atoms with Crippen LogP contribution >= 0.6 is 0 Å². The van der Waals surface area contributed by atoms with Crippen LogP contribution in [0.5, 0.6) is 5.75 Å². The van der Waals surface area contributed by atoms with Gasteiger partial charge in [-0.05, 0) is 47.7 Å². The van der Waals surface area contributed by atoms with Crippen LogP contribution in [-0.2, 0) is 6.61 Å². The van der Waals surface area contributed by atoms with E-state index in [2.05, 4.69) is 11.7 Å². The van der Waals surface area contributed by atoms with Gasteiger partial charge in [0.2, 0.25) is 0 Å². The van der Waals surface area contributed by atoms with Gasteiger partial charge in [-0.3, -0.25) is 4.99 Å². The van der Waals surface area contributed by atoms with Gasteiger partial charge in [0.1, 0.15) is 12.4 Å². The zero-order valence-corrected chi connectivity index (χ0v) is 14.2. The van der Waals surface area contributed by atoms with Crippen LogP contribution in [0.3, 0.4) is 0 Å². The molecule has 0 saturated heterocycles. The second kappa shape index (κ2) is 8.12. The van der Waals surface area contributed by atoms with Crippen molar-refractivity contribution in [2.24, 2.45) is 4.99 Å². The van der Waals surface area contributed by atoms with Gasteiger partial charge in [0.25, 0.3) is 0 Å². The highest BCUT2D eigenvalue weighted by molar-refractivity contribution is 5.87. The monoisotopic (exact) mass is 345 g/mol. The van der Waals surface area contributed by atoms with E-state index in [-0.39, 0.29) is 11.6 Å². The number of aliphatic imine (C=N–C) groups is 1. The Morgan fingerprint density at radius 1 is 0.962 bits per heavy atom. The zero-order valence-electron chi connectivity index (χ0n) is 14.2. The first-order valence-corrected chi connectivity index (χ1v) is 8.23. The van der Waals surface area contributed by atoms with E-state index in [0.29, 0.717) is 6.61 Å². The highest BCUT2D eigenvalue weighted by atomic mass is 16.5. The number of aromatic carboxylic acids is 1. The molecule has 0 bridgehead atoms. The molecular weight excluding hydrogens is 326 g/mol. The summed E-state index contributed by atoms with van der Waals surface area (Å²) < 4.78 is 5.85. The van der Waals surface area contributed by atoms with Crippen LogP contribution in [0.25, 0.3) is 0 Å². The third-order valence-electron chi connectivity index (χ3n) is 4.08. The number of benzene rings is 3. The molecule has 1 unspecified atom stereocenters. The van der Waals surface area contributed by atoms with Crippen molar-refractivity contribution in [2.75, 3.05) is 0 Å². The van der Waals surface area contributed by atoms with Crippen molar-refractivity contribution in [1.82, 2.24) is 0 Å². The average Bonchev–Trinajstić information content (AvgIpc) is 2.68. The molecule has 0 saturated carbocycles. The summed E-state index contributed by atoms with van der Waals surface area (Å²) in [5.74, 6) is -0.205. The van der Waals surface area contributed by atoms with Gasteiger partial charge in [-0.2, -0.15) is 0 Å². The van der Waals surface area contributed by atoms with Crippen LogP contribution in [0.2, 0.25) is 0 Å². The number of ether oxygens (including phenoxy) is 1. The SMILES string of the molecule is C=NC(c1ccccc1)c1cccc(OCc2ccc(C(=O)O)cc2)c1. The number of carboxylic acids is 1. The predicted octanol–water partition coefficient (Wildman–Crippen LogP) is 4.75. The van der Waals surface area contributed by atoms with Gasteiger partial charge in [-0.25, -0.2) is 4.79 Å². The summed E-state index contributed by atoms with van der Waals surface area (Å²) in [5, 5.41) is 8.94. The molecule has 3 rings (SSSR count). The number of nitrogens with zero attached hydrogens (tertiary/aromatic N) is 1. The Morgan fingerprint density at radius 2 is 1.65 bits per heavy atom. The lowest BCUT2D eigenvalue weighted by Gasteiger charge is -2.14. The number of hydrogen-bond acceptors (Lipinski definition) is 3. The first kappa shape index (κ1) is 17.4. The molecule has 1 atom stereocenters. The molecule has 3 aromatic rings. The summed E-state index contributed by atoms with van der Waals surface area (Å²) in [6.45, 7) is 4.08. The number of rotatable bonds is 7. The first-order valence-electron chi connectivity index (χ1n) is 8.23. The highest BCUT2D eigenvalue weighted by Crippen LogP contribution is 2.28. The summed E-state index contributed by atoms with van der Waals surface area (Å²) in [5.41, 5.74) is 3.24. The predicted molar refractivity (Wildman–Crippen MR) is 102 cm³/mol. The molecule has 0 amide bonds. The lowest BCUT2D eigenvalue weighted by molar-refractivity contribution is 0.0697. The summed E-state index contributed by atoms with van der Waals surface area (Å²) >= 11 is 0. The van der Waals surface area contributed by atoms with Crippen LogP contribution in [0.15, 0.2) is 83.9 Å². The molecular formula is C22H19NO3. The van der Waals surface area contributed by atoms with Crippen LogP contribution in [0, 0.1) is 0 Å². The Balaban J connectivity index is 1.73. The van der Waals surface area contributed by atoms with Crippen LogP contribution in [0.4, 0.5) is 0 Å². The Hall–Kier alpha value is -3.40. The van der Waals surface area contributed by atoms with Crippen molar-refractivity contribution < 1.29 is 14.6 Å². The van der Waals surface area contributed by atoms with Crippen molar-refractivity contribution in [2.45, 2.75) is 12.6 Å². The molecule has 130 valence electrons. The Morgan fingerprint density at radius 3 is 2.31 bits per heavy atom. The fraction of sp³-hybridized carbons (Fsp3) is 0.0909. The van der Waals surface area contributed by atoms with E-state index < -0.39 is 5.97 Å². The van der Waals surface area contributed by atoms with Gasteiger partial charge in [0.05, 0.1) is 11.6 Å². The maximum Gasteiger partial charge on any atom is 0.335 e. The van der Waals surface area contributed by atoms with Gasteiger partial charge >= 0.3 is 5.97 Å². The zero-order chi connectivity index (χ0) is 18.4. The standard InChI is InChI=1S/C22H19NO3/c1-23-21(17-6-3-2-4-7-17)19-8-5-9-20(14-19)26-15-16-10-12-18(13-11-16)22(24)25/h2-14,21H,1,15H2,(H,24,25). The van der Waals surface area contributed by atoms with E-state index in [1.54, 1.807) is 24.3 Å². The molecule has 0 radical (unpaired) electrons. The Kier molecular flexibility index (Phi) is 5.44. The molecule has 0 aliphatic rings. The van der Waals surface area contributed by atoms with Gasteiger partial charge in [-0.15, -0.1) is 0 Å². The minimum absolute atomic E-state index is 0.144. The van der Waals surface area contributed by atoms with Crippen molar-refractivity contribution in [1.29, 1.82) is 0 Å². The van der Waals surface area contributed by atoms with E-state index in [4.69, 9.17) is 9.84 Å². The van der Waals surface area contributed by atoms with E-state index in [1.807, 2.05) is 54.6 Å². The van der Waals surface area contributed by atoms with Crippen molar-refractivity contribution in [3.63, 3.8) is 0 Å². The second-order valence-corrected chi connectivity index (χ2v) is 5.86. The largest absolute Gasteiger partial charge is 0.489 e. The van der Waals surface area contributed by atoms with E-state index in [1.165, 1.54) is 0 Å². The molecule has 0 aliphatic carbocycles. The average molecular weight is 345 g/mol. The topological polar surface area (TPSA) is 58.9 Å². The highest BCUT2D eigenvalue weighted by Gasteiger charge is 2.12. The third kappa shape index (κ3) is 4.16. The molecule has 0 heterocycles. The minimum Gasteiger partial charge on any atom is -0.489 e. The van der Waals surface area contributed by atoms with Crippen LogP contribution in [-0.4, -0.2) is 17.8 Å². The molecule has 0 spiro atoms. The molecule has 4 heteroatoms. The van der Waals surface area contributed by atoms with E-state index in [9.17, 15) is 4.79 Å². The van der Waals surface area contributed by atoms with Crippen molar-refractivity contribution in [3.05, 3.63) is 101 Å². The Bertz CT molecular complexity index is 889. The van der Waals surface area contributed by atoms with Crippen molar-refractivity contribution in [3.8, 4) is 5.75 Å². The summed E-state index contributed by atoms with van der Waals surface area (Å²) in [6, 6.07) is 24.3. The van der Waals surface area contributed by atoms with Crippen molar-refractivity contribution >= 4 is 12.7 Å². The van der Waals surface area contributed by atoms with Gasteiger partial charge in [0, 0.05) is 0 Å². The molecule has 1 N–H and O–H groups in total. The van der Waals surface area contributed by atoms with E-state index in [0.717, 1.165) is 22.4 Å². The molecule has 26 heavy (non-hydrogen) atoms. The fourth-order valence-electron chi connectivity index (χ4n) is 2.72. The van der Waals surface area contributed by atoms with Crippen LogP contribution in [0.1, 0.15) is 33.1 Å². The van der Waals surface area contributed by atoms with E-state index >= 15 is 0 Å². The molecule has 3 aromatic carbocycles. The lowest BCUT2D eigenvalue weighted by Crippen LogP contribution is -2.00. The second-order valence-electron chi connectivity index (χ2n) is 5.86. The van der Waals surface area contributed by atoms with Crippen LogP contribution < -0.4 is 4.74 Å².